The van der Waals surface area contributed by atoms with E-state index in [1.807, 2.05) is 35.2 Å². The molecular formula is C20H19N3O3. The number of fused-ring (bicyclic) bond motifs is 1. The van der Waals surface area contributed by atoms with Gasteiger partial charge in [-0.2, -0.15) is 5.26 Å². The highest BCUT2D eigenvalue weighted by Crippen LogP contribution is 2.24. The Morgan fingerprint density at radius 2 is 1.88 bits per heavy atom. The van der Waals surface area contributed by atoms with Gasteiger partial charge in [0.2, 0.25) is 5.91 Å². The Morgan fingerprint density at radius 1 is 1.19 bits per heavy atom. The summed E-state index contributed by atoms with van der Waals surface area (Å²) in [6.07, 6.45) is 0.521. The number of ether oxygens (including phenoxy) is 1. The van der Waals surface area contributed by atoms with E-state index in [2.05, 4.69) is 5.32 Å². The Kier molecular flexibility index (Phi) is 5.30. The molecule has 6 nitrogen and oxygen atoms in total. The number of amides is 1. The molecule has 1 heterocycles. The zero-order chi connectivity index (χ0) is 18.5. The van der Waals surface area contributed by atoms with Gasteiger partial charge in [0.1, 0.15) is 6.04 Å². The predicted molar refractivity (Wildman–Crippen MR) is 96.1 cm³/mol. The molecule has 0 saturated carbocycles. The molecule has 0 spiro atoms. The van der Waals surface area contributed by atoms with Gasteiger partial charge in [-0.25, -0.2) is 0 Å². The maximum atomic E-state index is 12.4. The van der Waals surface area contributed by atoms with Crippen molar-refractivity contribution in [2.75, 3.05) is 19.0 Å². The number of nitrogens with zero attached hydrogens (tertiary/aromatic N) is 2. The molecule has 3 rings (SSSR count). The van der Waals surface area contributed by atoms with Crippen molar-refractivity contribution in [2.24, 2.45) is 0 Å². The molecule has 0 aromatic heterocycles. The Morgan fingerprint density at radius 3 is 2.54 bits per heavy atom. The molecule has 0 fully saturated rings. The number of carbonyl (C=O) groups excluding carboxylic acids is 2. The molecule has 2 aromatic carbocycles. The molecule has 2 aromatic rings. The lowest BCUT2D eigenvalue weighted by atomic mass is 9.94. The summed E-state index contributed by atoms with van der Waals surface area (Å²) in [5.41, 5.74) is 3.35. The second-order valence-electron chi connectivity index (χ2n) is 6.15. The first-order chi connectivity index (χ1) is 12.6. The summed E-state index contributed by atoms with van der Waals surface area (Å²) in [6.45, 7) is 0.588. The standard InChI is InChI=1S/C20H19N3O3/c1-26-20(25)18-10-15-4-2-3-5-16(15)12-23(18)13-19(24)22-17-8-6-14(11-21)7-9-17/h2-9,18H,10,12-13H2,1H3,(H,22,24)/t18-/m0/s1. The van der Waals surface area contributed by atoms with Crippen LogP contribution in [0.25, 0.3) is 0 Å². The molecular weight excluding hydrogens is 330 g/mol. The number of benzene rings is 2. The number of nitriles is 1. The largest absolute Gasteiger partial charge is 0.468 e. The summed E-state index contributed by atoms with van der Waals surface area (Å²) < 4.78 is 4.92. The van der Waals surface area contributed by atoms with E-state index < -0.39 is 6.04 Å². The monoisotopic (exact) mass is 349 g/mol. The van der Waals surface area contributed by atoms with Crippen LogP contribution in [0.3, 0.4) is 0 Å². The third-order valence-corrected chi connectivity index (χ3v) is 4.46. The van der Waals surface area contributed by atoms with E-state index in [-0.39, 0.29) is 18.4 Å². The van der Waals surface area contributed by atoms with E-state index in [1.54, 1.807) is 24.3 Å². The van der Waals surface area contributed by atoms with Crippen LogP contribution in [-0.2, 0) is 27.3 Å². The van der Waals surface area contributed by atoms with Crippen LogP contribution in [0.1, 0.15) is 16.7 Å². The molecule has 6 heteroatoms. The van der Waals surface area contributed by atoms with E-state index in [1.165, 1.54) is 7.11 Å². The first-order valence-corrected chi connectivity index (χ1v) is 8.29. The summed E-state index contributed by atoms with van der Waals surface area (Å²) in [7, 11) is 1.36. The lowest BCUT2D eigenvalue weighted by Gasteiger charge is -2.34. The molecule has 0 saturated heterocycles. The van der Waals surface area contributed by atoms with Gasteiger partial charge in [0.05, 0.1) is 25.3 Å². The molecule has 0 unspecified atom stereocenters. The average Bonchev–Trinajstić information content (AvgIpc) is 2.67. The van der Waals surface area contributed by atoms with Crippen LogP contribution in [0, 0.1) is 11.3 Å². The lowest BCUT2D eigenvalue weighted by Crippen LogP contribution is -2.49. The molecule has 1 aliphatic heterocycles. The lowest BCUT2D eigenvalue weighted by molar-refractivity contribution is -0.148. The van der Waals surface area contributed by atoms with Crippen molar-refractivity contribution < 1.29 is 14.3 Å². The average molecular weight is 349 g/mol. The highest BCUT2D eigenvalue weighted by molar-refractivity contribution is 5.92. The van der Waals surface area contributed by atoms with Gasteiger partial charge in [-0.15, -0.1) is 0 Å². The summed E-state index contributed by atoms with van der Waals surface area (Å²) in [4.78, 5) is 26.4. The van der Waals surface area contributed by atoms with Crippen molar-refractivity contribution in [3.8, 4) is 6.07 Å². The van der Waals surface area contributed by atoms with E-state index in [0.717, 1.165) is 11.1 Å². The summed E-state index contributed by atoms with van der Waals surface area (Å²) in [5, 5.41) is 11.6. The molecule has 1 N–H and O–H groups in total. The van der Waals surface area contributed by atoms with Crippen LogP contribution < -0.4 is 5.32 Å². The van der Waals surface area contributed by atoms with E-state index >= 15 is 0 Å². The summed E-state index contributed by atoms with van der Waals surface area (Å²) >= 11 is 0. The topological polar surface area (TPSA) is 82.4 Å². The van der Waals surface area contributed by atoms with Crippen LogP contribution in [0.4, 0.5) is 5.69 Å². The van der Waals surface area contributed by atoms with Gasteiger partial charge in [-0.3, -0.25) is 14.5 Å². The van der Waals surface area contributed by atoms with Gasteiger partial charge in [-0.1, -0.05) is 24.3 Å². The van der Waals surface area contributed by atoms with Gasteiger partial charge >= 0.3 is 5.97 Å². The molecule has 26 heavy (non-hydrogen) atoms. The fourth-order valence-corrected chi connectivity index (χ4v) is 3.12. The van der Waals surface area contributed by atoms with E-state index in [9.17, 15) is 9.59 Å². The van der Waals surface area contributed by atoms with Crippen LogP contribution >= 0.6 is 0 Å². The number of carbonyl (C=O) groups is 2. The smallest absolute Gasteiger partial charge is 0.323 e. The molecule has 132 valence electrons. The molecule has 1 amide bonds. The third kappa shape index (κ3) is 3.90. The van der Waals surface area contributed by atoms with Gasteiger partial charge in [0, 0.05) is 12.2 Å². The second-order valence-corrected chi connectivity index (χ2v) is 6.15. The molecule has 0 bridgehead atoms. The Balaban J connectivity index is 1.72. The van der Waals surface area contributed by atoms with Crippen molar-refractivity contribution >= 4 is 17.6 Å². The molecule has 1 aliphatic rings. The molecule has 1 atom stereocenters. The number of anilines is 1. The van der Waals surface area contributed by atoms with Crippen LogP contribution in [0.5, 0.6) is 0 Å². The second kappa shape index (κ2) is 7.81. The Hall–Kier alpha value is -3.17. The zero-order valence-electron chi connectivity index (χ0n) is 14.4. The minimum atomic E-state index is -0.485. The van der Waals surface area contributed by atoms with Gasteiger partial charge in [0.15, 0.2) is 0 Å². The van der Waals surface area contributed by atoms with Crippen molar-refractivity contribution in [3.05, 3.63) is 65.2 Å². The number of nitrogens with one attached hydrogen (secondary N) is 1. The van der Waals surface area contributed by atoms with Gasteiger partial charge in [0.25, 0.3) is 0 Å². The molecule has 0 aliphatic carbocycles. The Labute approximate surface area is 152 Å². The number of esters is 1. The quantitative estimate of drug-likeness (QED) is 0.855. The maximum Gasteiger partial charge on any atom is 0.323 e. The van der Waals surface area contributed by atoms with Gasteiger partial charge in [-0.05, 0) is 41.8 Å². The minimum Gasteiger partial charge on any atom is -0.468 e. The van der Waals surface area contributed by atoms with Crippen molar-refractivity contribution in [2.45, 2.75) is 19.0 Å². The zero-order valence-corrected chi connectivity index (χ0v) is 14.4. The maximum absolute atomic E-state index is 12.4. The fourth-order valence-electron chi connectivity index (χ4n) is 3.12. The first-order valence-electron chi connectivity index (χ1n) is 8.29. The van der Waals surface area contributed by atoms with E-state index in [4.69, 9.17) is 10.00 Å². The number of hydrogen-bond donors (Lipinski definition) is 1. The first kappa shape index (κ1) is 17.6. The van der Waals surface area contributed by atoms with Crippen molar-refractivity contribution in [1.29, 1.82) is 5.26 Å². The highest BCUT2D eigenvalue weighted by Gasteiger charge is 2.33. The SMILES string of the molecule is COC(=O)[C@@H]1Cc2ccccc2CN1CC(=O)Nc1ccc(C#N)cc1. The van der Waals surface area contributed by atoms with Crippen LogP contribution in [0.15, 0.2) is 48.5 Å². The summed E-state index contributed by atoms with van der Waals surface area (Å²) in [6, 6.07) is 16.1. The number of rotatable bonds is 4. The van der Waals surface area contributed by atoms with Crippen molar-refractivity contribution in [1.82, 2.24) is 4.90 Å². The third-order valence-electron chi connectivity index (χ3n) is 4.46. The Bertz CT molecular complexity index is 855. The van der Waals surface area contributed by atoms with E-state index in [0.29, 0.717) is 24.2 Å². The fraction of sp³-hybridized carbons (Fsp3) is 0.250. The number of methoxy groups -OCH3 is 1. The molecule has 0 radical (unpaired) electrons. The van der Waals surface area contributed by atoms with Crippen LogP contribution in [0.2, 0.25) is 0 Å². The minimum absolute atomic E-state index is 0.0775. The predicted octanol–water partition coefficient (Wildman–Crippen LogP) is 2.10. The summed E-state index contributed by atoms with van der Waals surface area (Å²) in [5.74, 6) is -0.561. The normalized spacial score (nSPS) is 16.2. The number of hydrogen-bond acceptors (Lipinski definition) is 5. The van der Waals surface area contributed by atoms with Crippen LogP contribution in [-0.4, -0.2) is 36.5 Å². The highest BCUT2D eigenvalue weighted by atomic mass is 16.5. The van der Waals surface area contributed by atoms with Gasteiger partial charge < -0.3 is 10.1 Å². The van der Waals surface area contributed by atoms with Crippen molar-refractivity contribution in [3.63, 3.8) is 0 Å².